The SMILES string of the molecule is CC(=O)Nc1ccc(NC(=O)c2cnc(NCc3cccnc3)s2)cc1. The molecule has 8 heteroatoms. The third-order valence-electron chi connectivity index (χ3n) is 3.36. The summed E-state index contributed by atoms with van der Waals surface area (Å²) in [7, 11) is 0. The predicted molar refractivity (Wildman–Crippen MR) is 102 cm³/mol. The van der Waals surface area contributed by atoms with Gasteiger partial charge in [0.15, 0.2) is 5.13 Å². The summed E-state index contributed by atoms with van der Waals surface area (Å²) < 4.78 is 0. The van der Waals surface area contributed by atoms with Gasteiger partial charge in [0.05, 0.1) is 6.20 Å². The first-order valence-corrected chi connectivity index (χ1v) is 8.69. The molecule has 0 unspecified atom stereocenters. The van der Waals surface area contributed by atoms with E-state index >= 15 is 0 Å². The Balaban J connectivity index is 1.56. The maximum Gasteiger partial charge on any atom is 0.267 e. The Hall–Kier alpha value is -3.26. The van der Waals surface area contributed by atoms with Crippen molar-refractivity contribution in [3.63, 3.8) is 0 Å². The molecule has 0 aliphatic rings. The quantitative estimate of drug-likeness (QED) is 0.621. The first-order chi connectivity index (χ1) is 12.6. The molecule has 0 saturated carbocycles. The van der Waals surface area contributed by atoms with E-state index in [4.69, 9.17) is 0 Å². The van der Waals surface area contributed by atoms with Crippen molar-refractivity contribution < 1.29 is 9.59 Å². The van der Waals surface area contributed by atoms with Crippen molar-refractivity contribution in [3.05, 3.63) is 65.4 Å². The Morgan fingerprint density at radius 1 is 1.04 bits per heavy atom. The number of rotatable bonds is 6. The van der Waals surface area contributed by atoms with Crippen LogP contribution in [0.5, 0.6) is 0 Å². The van der Waals surface area contributed by atoms with Gasteiger partial charge in [0, 0.05) is 37.2 Å². The number of hydrogen-bond acceptors (Lipinski definition) is 6. The molecule has 1 aromatic carbocycles. The number of nitrogens with one attached hydrogen (secondary N) is 3. The van der Waals surface area contributed by atoms with Gasteiger partial charge < -0.3 is 16.0 Å². The van der Waals surface area contributed by atoms with E-state index in [2.05, 4.69) is 25.9 Å². The van der Waals surface area contributed by atoms with Gasteiger partial charge in [-0.05, 0) is 35.9 Å². The van der Waals surface area contributed by atoms with Crippen molar-refractivity contribution in [1.29, 1.82) is 0 Å². The Morgan fingerprint density at radius 3 is 2.42 bits per heavy atom. The maximum absolute atomic E-state index is 12.3. The van der Waals surface area contributed by atoms with Gasteiger partial charge >= 0.3 is 0 Å². The number of anilines is 3. The number of amides is 2. The number of hydrogen-bond donors (Lipinski definition) is 3. The number of pyridine rings is 1. The summed E-state index contributed by atoms with van der Waals surface area (Å²) in [5, 5.41) is 9.32. The van der Waals surface area contributed by atoms with Crippen LogP contribution in [0.25, 0.3) is 0 Å². The van der Waals surface area contributed by atoms with Gasteiger partial charge in [-0.25, -0.2) is 4.98 Å². The maximum atomic E-state index is 12.3. The highest BCUT2D eigenvalue weighted by Gasteiger charge is 2.11. The molecule has 7 nitrogen and oxygen atoms in total. The summed E-state index contributed by atoms with van der Waals surface area (Å²) in [4.78, 5) is 32.1. The van der Waals surface area contributed by atoms with Crippen molar-refractivity contribution >= 4 is 39.7 Å². The highest BCUT2D eigenvalue weighted by atomic mass is 32.1. The van der Waals surface area contributed by atoms with E-state index in [-0.39, 0.29) is 11.8 Å². The molecule has 0 aliphatic heterocycles. The largest absolute Gasteiger partial charge is 0.357 e. The highest BCUT2D eigenvalue weighted by Crippen LogP contribution is 2.21. The number of thiazole rings is 1. The Morgan fingerprint density at radius 2 is 1.77 bits per heavy atom. The van der Waals surface area contributed by atoms with E-state index in [0.29, 0.717) is 27.9 Å². The van der Waals surface area contributed by atoms with Gasteiger partial charge in [-0.2, -0.15) is 0 Å². The van der Waals surface area contributed by atoms with Crippen molar-refractivity contribution in [2.75, 3.05) is 16.0 Å². The molecular weight excluding hydrogens is 350 g/mol. The minimum atomic E-state index is -0.232. The summed E-state index contributed by atoms with van der Waals surface area (Å²) in [6.07, 6.45) is 5.04. The molecule has 0 saturated heterocycles. The van der Waals surface area contributed by atoms with Crippen molar-refractivity contribution in [2.45, 2.75) is 13.5 Å². The summed E-state index contributed by atoms with van der Waals surface area (Å²) in [6, 6.07) is 10.7. The molecule has 0 spiro atoms. The molecule has 132 valence electrons. The summed E-state index contributed by atoms with van der Waals surface area (Å²) >= 11 is 1.28. The summed E-state index contributed by atoms with van der Waals surface area (Å²) in [5.41, 5.74) is 2.35. The number of aromatic nitrogens is 2. The van der Waals surface area contributed by atoms with Gasteiger partial charge in [-0.1, -0.05) is 17.4 Å². The third-order valence-corrected chi connectivity index (χ3v) is 4.31. The fraction of sp³-hybridized carbons (Fsp3) is 0.111. The van der Waals surface area contributed by atoms with E-state index in [9.17, 15) is 9.59 Å². The van der Waals surface area contributed by atoms with Crippen LogP contribution < -0.4 is 16.0 Å². The van der Waals surface area contributed by atoms with Crippen LogP contribution in [-0.2, 0) is 11.3 Å². The van der Waals surface area contributed by atoms with E-state index < -0.39 is 0 Å². The zero-order valence-electron chi connectivity index (χ0n) is 14.0. The van der Waals surface area contributed by atoms with Gasteiger partial charge in [-0.3, -0.25) is 14.6 Å². The van der Waals surface area contributed by atoms with Crippen LogP contribution >= 0.6 is 11.3 Å². The average molecular weight is 367 g/mol. The van der Waals surface area contributed by atoms with E-state index in [0.717, 1.165) is 5.56 Å². The Labute approximate surface area is 154 Å². The molecule has 0 radical (unpaired) electrons. The Kier molecular flexibility index (Phi) is 5.55. The second-order valence-electron chi connectivity index (χ2n) is 5.46. The molecule has 0 atom stereocenters. The average Bonchev–Trinajstić information content (AvgIpc) is 3.11. The van der Waals surface area contributed by atoms with Crippen LogP contribution in [-0.4, -0.2) is 21.8 Å². The monoisotopic (exact) mass is 367 g/mol. The lowest BCUT2D eigenvalue weighted by atomic mass is 10.2. The lowest BCUT2D eigenvalue weighted by molar-refractivity contribution is -0.114. The molecule has 3 N–H and O–H groups in total. The topological polar surface area (TPSA) is 96.0 Å². The second-order valence-corrected chi connectivity index (χ2v) is 6.49. The minimum Gasteiger partial charge on any atom is -0.357 e. The van der Waals surface area contributed by atoms with E-state index in [1.807, 2.05) is 12.1 Å². The lowest BCUT2D eigenvalue weighted by Crippen LogP contribution is -2.10. The van der Waals surface area contributed by atoms with Crippen molar-refractivity contribution in [3.8, 4) is 0 Å². The third kappa shape index (κ3) is 4.87. The number of carbonyl (C=O) groups is 2. The molecule has 0 bridgehead atoms. The van der Waals surface area contributed by atoms with Gasteiger partial charge in [-0.15, -0.1) is 0 Å². The van der Waals surface area contributed by atoms with E-state index in [1.54, 1.807) is 36.7 Å². The summed E-state index contributed by atoms with van der Waals surface area (Å²) in [6.45, 7) is 2.03. The number of nitrogens with zero attached hydrogens (tertiary/aromatic N) is 2. The molecule has 0 aliphatic carbocycles. The van der Waals surface area contributed by atoms with Crippen LogP contribution in [0, 0.1) is 0 Å². The van der Waals surface area contributed by atoms with E-state index in [1.165, 1.54) is 24.5 Å². The van der Waals surface area contributed by atoms with Crippen molar-refractivity contribution in [2.24, 2.45) is 0 Å². The van der Waals surface area contributed by atoms with Crippen LogP contribution in [0.1, 0.15) is 22.2 Å². The first-order valence-electron chi connectivity index (χ1n) is 7.88. The summed E-state index contributed by atoms with van der Waals surface area (Å²) in [5.74, 6) is -0.373. The molecule has 2 amide bonds. The Bertz CT molecular complexity index is 893. The zero-order valence-corrected chi connectivity index (χ0v) is 14.8. The van der Waals surface area contributed by atoms with Crippen LogP contribution in [0.2, 0.25) is 0 Å². The molecular formula is C18H17N5O2S. The second kappa shape index (κ2) is 8.21. The zero-order chi connectivity index (χ0) is 18.4. The molecule has 3 aromatic rings. The standard InChI is InChI=1S/C18H17N5O2S/c1-12(24)22-14-4-6-15(7-5-14)23-17(25)16-11-21-18(26-16)20-10-13-3-2-8-19-9-13/h2-9,11H,10H2,1H3,(H,20,21)(H,22,24)(H,23,25). The molecule has 2 heterocycles. The minimum absolute atomic E-state index is 0.141. The fourth-order valence-electron chi connectivity index (χ4n) is 2.17. The predicted octanol–water partition coefficient (Wildman–Crippen LogP) is 3.36. The smallest absolute Gasteiger partial charge is 0.267 e. The van der Waals surface area contributed by atoms with Crippen LogP contribution in [0.15, 0.2) is 55.0 Å². The highest BCUT2D eigenvalue weighted by molar-refractivity contribution is 7.17. The van der Waals surface area contributed by atoms with Crippen LogP contribution in [0.3, 0.4) is 0 Å². The first kappa shape index (κ1) is 17.6. The van der Waals surface area contributed by atoms with Gasteiger partial charge in [0.25, 0.3) is 5.91 Å². The molecule has 0 fully saturated rings. The van der Waals surface area contributed by atoms with Gasteiger partial charge in [0.2, 0.25) is 5.91 Å². The molecule has 3 rings (SSSR count). The molecule has 2 aromatic heterocycles. The molecule has 26 heavy (non-hydrogen) atoms. The fourth-order valence-corrected chi connectivity index (χ4v) is 2.88. The number of carbonyl (C=O) groups excluding carboxylic acids is 2. The normalized spacial score (nSPS) is 10.2. The van der Waals surface area contributed by atoms with Crippen molar-refractivity contribution in [1.82, 2.24) is 9.97 Å². The lowest BCUT2D eigenvalue weighted by Gasteiger charge is -2.05. The number of benzene rings is 1. The van der Waals surface area contributed by atoms with Crippen LogP contribution in [0.4, 0.5) is 16.5 Å². The van der Waals surface area contributed by atoms with Gasteiger partial charge in [0.1, 0.15) is 4.88 Å².